The van der Waals surface area contributed by atoms with Crippen molar-refractivity contribution in [3.63, 3.8) is 0 Å². The van der Waals surface area contributed by atoms with E-state index in [0.29, 0.717) is 5.15 Å². The summed E-state index contributed by atoms with van der Waals surface area (Å²) in [6.45, 7) is 3.66. The Kier molecular flexibility index (Phi) is 1.49. The molecule has 8 heavy (non-hydrogen) atoms. The molecule has 1 heterocycles. The summed E-state index contributed by atoms with van der Waals surface area (Å²) in [5, 5.41) is 0.498. The number of hydrogen-bond donors (Lipinski definition) is 0. The molecule has 0 saturated carbocycles. The average molecular weight is 127 g/mol. The third-order valence-corrected chi connectivity index (χ3v) is 0.998. The maximum absolute atomic E-state index is 5.49. The minimum atomic E-state index is 0.498. The molecule has 1 nitrogen and oxygen atoms in total. The second kappa shape index (κ2) is 2.14. The van der Waals surface area contributed by atoms with Crippen molar-refractivity contribution in [2.75, 3.05) is 0 Å². The van der Waals surface area contributed by atoms with Gasteiger partial charge in [0.05, 0.1) is 0 Å². The highest BCUT2D eigenvalue weighted by Gasteiger charge is 1.84. The smallest absolute Gasteiger partial charge is 0.129 e. The van der Waals surface area contributed by atoms with E-state index in [1.165, 1.54) is 0 Å². The molecule has 0 amide bonds. The summed E-state index contributed by atoms with van der Waals surface area (Å²) < 4.78 is 0. The van der Waals surface area contributed by atoms with Crippen molar-refractivity contribution in [1.82, 2.24) is 4.98 Å². The van der Waals surface area contributed by atoms with Crippen LogP contribution in [0.5, 0.6) is 0 Å². The monoisotopic (exact) mass is 126 g/mol. The largest absolute Gasteiger partial charge is 0.245 e. The molecule has 0 aliphatic rings. The van der Waals surface area contributed by atoms with Gasteiger partial charge in [0.15, 0.2) is 0 Å². The van der Waals surface area contributed by atoms with E-state index < -0.39 is 0 Å². The van der Waals surface area contributed by atoms with Crippen molar-refractivity contribution in [3.05, 3.63) is 36.0 Å². The zero-order valence-electron chi connectivity index (χ0n) is 4.26. The minimum Gasteiger partial charge on any atom is -0.245 e. The van der Waals surface area contributed by atoms with Gasteiger partial charge >= 0.3 is 0 Å². The van der Waals surface area contributed by atoms with Crippen LogP contribution >= 0.6 is 11.6 Å². The molecule has 0 aromatic carbocycles. The molecule has 0 spiro atoms. The normalized spacial score (nSPS) is 9.25. The highest BCUT2D eigenvalue weighted by atomic mass is 35.5. The Hall–Kier alpha value is -0.560. The first-order valence-electron chi connectivity index (χ1n) is 2.22. The lowest BCUT2D eigenvalue weighted by Gasteiger charge is -1.87. The molecule has 0 aliphatic carbocycles. The number of halogens is 1. The number of hydrogen-bond acceptors (Lipinski definition) is 1. The van der Waals surface area contributed by atoms with Crippen molar-refractivity contribution >= 4 is 11.6 Å². The third kappa shape index (κ3) is 1.20. The van der Waals surface area contributed by atoms with Crippen molar-refractivity contribution in [1.29, 1.82) is 0 Å². The first-order valence-corrected chi connectivity index (χ1v) is 2.60. The lowest BCUT2D eigenvalue weighted by molar-refractivity contribution is 1.31. The molecule has 1 aromatic rings. The second-order valence-corrected chi connectivity index (χ2v) is 1.87. The Bertz CT molecular complexity index is 168. The third-order valence-electron chi connectivity index (χ3n) is 0.791. The van der Waals surface area contributed by atoms with Gasteiger partial charge in [0.25, 0.3) is 0 Å². The van der Waals surface area contributed by atoms with Gasteiger partial charge in [-0.05, 0) is 24.6 Å². The molecule has 2 heteroatoms. The fraction of sp³-hybridized carbons (Fsp3) is 0. The summed E-state index contributed by atoms with van der Waals surface area (Å²) in [5.74, 6) is 0. The van der Waals surface area contributed by atoms with Crippen LogP contribution in [0.2, 0.25) is 5.15 Å². The van der Waals surface area contributed by atoms with Crippen molar-refractivity contribution in [3.8, 4) is 0 Å². The van der Waals surface area contributed by atoms with Gasteiger partial charge in [0.2, 0.25) is 0 Å². The van der Waals surface area contributed by atoms with E-state index in [1.54, 1.807) is 18.3 Å². The van der Waals surface area contributed by atoms with Crippen LogP contribution in [0.1, 0.15) is 5.56 Å². The maximum atomic E-state index is 5.49. The van der Waals surface area contributed by atoms with E-state index in [4.69, 9.17) is 11.6 Å². The molecule has 0 atom stereocenters. The van der Waals surface area contributed by atoms with Crippen LogP contribution in [-0.4, -0.2) is 4.98 Å². The highest BCUT2D eigenvalue weighted by Crippen LogP contribution is 2.04. The average Bonchev–Trinajstić information content (AvgIpc) is 1.64. The molecule has 0 unspecified atom stereocenters. The van der Waals surface area contributed by atoms with Crippen LogP contribution in [0.3, 0.4) is 0 Å². The van der Waals surface area contributed by atoms with E-state index in [2.05, 4.69) is 11.9 Å². The highest BCUT2D eigenvalue weighted by molar-refractivity contribution is 6.29. The number of pyridine rings is 1. The molecular formula is C6H5ClN. The maximum Gasteiger partial charge on any atom is 0.129 e. The zero-order chi connectivity index (χ0) is 5.98. The van der Waals surface area contributed by atoms with Gasteiger partial charge in [-0.2, -0.15) is 0 Å². The van der Waals surface area contributed by atoms with E-state index >= 15 is 0 Å². The second-order valence-electron chi connectivity index (χ2n) is 1.49. The summed E-state index contributed by atoms with van der Waals surface area (Å²) in [6, 6.07) is 3.51. The molecular weight excluding hydrogens is 122 g/mol. The summed E-state index contributed by atoms with van der Waals surface area (Å²) in [6.07, 6.45) is 1.63. The summed E-state index contributed by atoms with van der Waals surface area (Å²) in [4.78, 5) is 3.77. The van der Waals surface area contributed by atoms with E-state index in [0.717, 1.165) is 5.56 Å². The Morgan fingerprint density at radius 3 is 2.75 bits per heavy atom. The van der Waals surface area contributed by atoms with Crippen LogP contribution < -0.4 is 0 Å². The van der Waals surface area contributed by atoms with Gasteiger partial charge in [-0.15, -0.1) is 0 Å². The number of aromatic nitrogens is 1. The Labute approximate surface area is 53.3 Å². The van der Waals surface area contributed by atoms with Crippen molar-refractivity contribution < 1.29 is 0 Å². The first-order chi connectivity index (χ1) is 3.79. The zero-order valence-corrected chi connectivity index (χ0v) is 5.02. The predicted molar refractivity (Wildman–Crippen MR) is 33.7 cm³/mol. The van der Waals surface area contributed by atoms with Gasteiger partial charge in [-0.1, -0.05) is 11.6 Å². The predicted octanol–water partition coefficient (Wildman–Crippen LogP) is 1.92. The molecule has 1 rings (SSSR count). The lowest BCUT2D eigenvalue weighted by Crippen LogP contribution is -1.73. The lowest BCUT2D eigenvalue weighted by atomic mass is 10.3. The van der Waals surface area contributed by atoms with E-state index in [9.17, 15) is 0 Å². The van der Waals surface area contributed by atoms with E-state index in [-0.39, 0.29) is 0 Å². The molecule has 0 fully saturated rings. The van der Waals surface area contributed by atoms with Crippen LogP contribution in [0.15, 0.2) is 18.3 Å². The Balaban J connectivity index is 3.08. The summed E-state index contributed by atoms with van der Waals surface area (Å²) in [5.41, 5.74) is 0.894. The molecule has 41 valence electrons. The van der Waals surface area contributed by atoms with Crippen LogP contribution in [0.25, 0.3) is 0 Å². The Morgan fingerprint density at radius 1 is 1.62 bits per heavy atom. The molecule has 1 aromatic heterocycles. The first kappa shape index (κ1) is 5.57. The van der Waals surface area contributed by atoms with Crippen molar-refractivity contribution in [2.45, 2.75) is 0 Å². The molecule has 0 N–H and O–H groups in total. The van der Waals surface area contributed by atoms with Gasteiger partial charge in [-0.3, -0.25) is 0 Å². The Morgan fingerprint density at radius 2 is 2.38 bits per heavy atom. The fourth-order valence-electron chi connectivity index (χ4n) is 0.443. The van der Waals surface area contributed by atoms with Crippen LogP contribution in [-0.2, 0) is 0 Å². The molecule has 0 aliphatic heterocycles. The van der Waals surface area contributed by atoms with Gasteiger partial charge in [0.1, 0.15) is 5.15 Å². The van der Waals surface area contributed by atoms with Gasteiger partial charge < -0.3 is 0 Å². The quantitative estimate of drug-likeness (QED) is 0.484. The minimum absolute atomic E-state index is 0.498. The molecule has 0 saturated heterocycles. The number of rotatable bonds is 0. The number of nitrogens with zero attached hydrogens (tertiary/aromatic N) is 1. The topological polar surface area (TPSA) is 12.9 Å². The van der Waals surface area contributed by atoms with Crippen LogP contribution in [0, 0.1) is 6.92 Å². The SMILES string of the molecule is [CH2]c1ccnc(Cl)c1. The standard InChI is InChI=1S/C6H5ClN/c1-5-2-3-8-6(7)4-5/h2-4H,1H2. The molecule has 1 radical (unpaired) electrons. The van der Waals surface area contributed by atoms with E-state index in [1.807, 2.05) is 0 Å². The summed E-state index contributed by atoms with van der Waals surface area (Å²) >= 11 is 5.49. The van der Waals surface area contributed by atoms with Gasteiger partial charge in [-0.25, -0.2) is 4.98 Å². The molecule has 0 bridgehead atoms. The van der Waals surface area contributed by atoms with Gasteiger partial charge in [0, 0.05) is 6.20 Å². The van der Waals surface area contributed by atoms with Crippen molar-refractivity contribution in [2.24, 2.45) is 0 Å². The fourth-order valence-corrected chi connectivity index (χ4v) is 0.639. The summed E-state index contributed by atoms with van der Waals surface area (Å²) in [7, 11) is 0. The van der Waals surface area contributed by atoms with Crippen LogP contribution in [0.4, 0.5) is 0 Å².